The molecule has 1 fully saturated rings. The Morgan fingerprint density at radius 3 is 3.20 bits per heavy atom. The third-order valence-electron chi connectivity index (χ3n) is 2.30. The van der Waals surface area contributed by atoms with Crippen LogP contribution in [0.25, 0.3) is 0 Å². The first-order valence-corrected chi connectivity index (χ1v) is 4.89. The topological polar surface area (TPSA) is 77.2 Å². The van der Waals surface area contributed by atoms with Crippen LogP contribution in [0.3, 0.4) is 0 Å². The highest BCUT2D eigenvalue weighted by atomic mass is 16.5. The van der Waals surface area contributed by atoms with Crippen LogP contribution in [0, 0.1) is 0 Å². The Balaban J connectivity index is 2.07. The van der Waals surface area contributed by atoms with Gasteiger partial charge >= 0.3 is 0 Å². The lowest BCUT2D eigenvalue weighted by atomic mass is 10.3. The van der Waals surface area contributed by atoms with Crippen molar-refractivity contribution in [2.24, 2.45) is 5.73 Å². The zero-order valence-corrected chi connectivity index (χ0v) is 8.27. The number of carbonyl (C=O) groups is 1. The molecule has 0 spiro atoms. The van der Waals surface area contributed by atoms with E-state index in [4.69, 9.17) is 10.5 Å². The molecule has 15 heavy (non-hydrogen) atoms. The molecule has 1 saturated heterocycles. The van der Waals surface area contributed by atoms with Crippen molar-refractivity contribution in [3.05, 3.63) is 24.0 Å². The highest BCUT2D eigenvalue weighted by molar-refractivity contribution is 5.91. The summed E-state index contributed by atoms with van der Waals surface area (Å²) in [4.78, 5) is 14.7. The second kappa shape index (κ2) is 4.27. The Labute approximate surface area is 87.6 Å². The van der Waals surface area contributed by atoms with Crippen molar-refractivity contribution in [1.82, 2.24) is 10.3 Å². The molecule has 2 rings (SSSR count). The van der Waals surface area contributed by atoms with Crippen LogP contribution in [0.5, 0.6) is 5.75 Å². The first kappa shape index (κ1) is 9.92. The number of primary amides is 1. The molecule has 0 radical (unpaired) electrons. The highest BCUT2D eigenvalue weighted by Gasteiger charge is 2.16. The van der Waals surface area contributed by atoms with E-state index in [0.717, 1.165) is 19.5 Å². The second-order valence-electron chi connectivity index (χ2n) is 3.47. The lowest BCUT2D eigenvalue weighted by molar-refractivity contribution is 0.0994. The smallest absolute Gasteiger partial charge is 0.267 e. The molecule has 5 heteroatoms. The van der Waals surface area contributed by atoms with Crippen molar-refractivity contribution >= 4 is 5.91 Å². The van der Waals surface area contributed by atoms with E-state index in [1.165, 1.54) is 6.20 Å². The van der Waals surface area contributed by atoms with E-state index in [0.29, 0.717) is 5.75 Å². The predicted molar refractivity (Wildman–Crippen MR) is 54.7 cm³/mol. The number of ether oxygens (including phenoxy) is 1. The van der Waals surface area contributed by atoms with Gasteiger partial charge in [-0.25, -0.2) is 0 Å². The molecule has 80 valence electrons. The number of nitrogens with one attached hydrogen (secondary N) is 1. The Morgan fingerprint density at radius 2 is 2.53 bits per heavy atom. The monoisotopic (exact) mass is 207 g/mol. The van der Waals surface area contributed by atoms with E-state index in [-0.39, 0.29) is 11.8 Å². The summed E-state index contributed by atoms with van der Waals surface area (Å²) in [6.45, 7) is 1.81. The van der Waals surface area contributed by atoms with Crippen molar-refractivity contribution in [3.63, 3.8) is 0 Å². The molecule has 1 aromatic rings. The normalized spacial score (nSPS) is 20.1. The van der Waals surface area contributed by atoms with Gasteiger partial charge < -0.3 is 15.8 Å². The number of rotatable bonds is 3. The van der Waals surface area contributed by atoms with Gasteiger partial charge in [-0.3, -0.25) is 9.78 Å². The minimum atomic E-state index is -0.537. The fourth-order valence-corrected chi connectivity index (χ4v) is 1.54. The molecule has 3 N–H and O–H groups in total. The highest BCUT2D eigenvalue weighted by Crippen LogP contribution is 2.15. The minimum absolute atomic E-state index is 0.174. The van der Waals surface area contributed by atoms with Crippen LogP contribution in [-0.2, 0) is 0 Å². The summed E-state index contributed by atoms with van der Waals surface area (Å²) in [7, 11) is 0. The summed E-state index contributed by atoms with van der Waals surface area (Å²) in [6, 6.07) is 3.30. The molecule has 0 saturated carbocycles. The molecule has 1 aliphatic rings. The molecule has 1 aliphatic heterocycles. The molecule has 5 nitrogen and oxygen atoms in total. The zero-order chi connectivity index (χ0) is 10.7. The van der Waals surface area contributed by atoms with Crippen molar-refractivity contribution in [3.8, 4) is 5.75 Å². The summed E-state index contributed by atoms with van der Waals surface area (Å²) in [5.41, 5.74) is 5.36. The predicted octanol–water partition coefficient (Wildman–Crippen LogP) is -0.0788. The first-order valence-electron chi connectivity index (χ1n) is 4.89. The number of hydrogen-bond acceptors (Lipinski definition) is 4. The maximum absolute atomic E-state index is 10.9. The molecular weight excluding hydrogens is 194 g/mol. The molecule has 1 aromatic heterocycles. The maximum atomic E-state index is 10.9. The van der Waals surface area contributed by atoms with Gasteiger partial charge in [0.2, 0.25) is 0 Å². The number of aromatic nitrogens is 1. The summed E-state index contributed by atoms with van der Waals surface area (Å²) >= 11 is 0. The fraction of sp³-hybridized carbons (Fsp3) is 0.400. The van der Waals surface area contributed by atoms with Gasteiger partial charge in [0, 0.05) is 18.8 Å². The van der Waals surface area contributed by atoms with Gasteiger partial charge in [-0.05, 0) is 19.0 Å². The largest absolute Gasteiger partial charge is 0.489 e. The molecule has 0 aliphatic carbocycles. The number of carbonyl (C=O) groups excluding carboxylic acids is 1. The Kier molecular flexibility index (Phi) is 2.82. The van der Waals surface area contributed by atoms with Crippen molar-refractivity contribution in [2.45, 2.75) is 12.5 Å². The molecule has 0 bridgehead atoms. The number of nitrogens with zero attached hydrogens (tertiary/aromatic N) is 1. The maximum Gasteiger partial charge on any atom is 0.267 e. The van der Waals surface area contributed by atoms with Crippen LogP contribution < -0.4 is 15.8 Å². The van der Waals surface area contributed by atoms with Gasteiger partial charge in [-0.1, -0.05) is 0 Å². The second-order valence-corrected chi connectivity index (χ2v) is 3.47. The fourth-order valence-electron chi connectivity index (χ4n) is 1.54. The average molecular weight is 207 g/mol. The van der Waals surface area contributed by atoms with Gasteiger partial charge in [0.15, 0.2) is 0 Å². The Hall–Kier alpha value is -1.62. The minimum Gasteiger partial charge on any atom is -0.489 e. The summed E-state index contributed by atoms with van der Waals surface area (Å²) in [6.07, 6.45) is 2.68. The summed E-state index contributed by atoms with van der Waals surface area (Å²) in [5.74, 6) is 0.109. The van der Waals surface area contributed by atoms with Crippen LogP contribution in [-0.4, -0.2) is 30.1 Å². The SMILES string of the molecule is NC(=O)c1cc(O[C@@H]2CCNC2)ccn1. The van der Waals surface area contributed by atoms with Crippen LogP contribution in [0.4, 0.5) is 0 Å². The molecule has 1 atom stereocenters. The third-order valence-corrected chi connectivity index (χ3v) is 2.30. The lowest BCUT2D eigenvalue weighted by Crippen LogP contribution is -2.20. The Bertz CT molecular complexity index is 361. The molecule has 0 unspecified atom stereocenters. The zero-order valence-electron chi connectivity index (χ0n) is 8.27. The van der Waals surface area contributed by atoms with Gasteiger partial charge in [-0.15, -0.1) is 0 Å². The number of pyridine rings is 1. The Morgan fingerprint density at radius 1 is 1.67 bits per heavy atom. The van der Waals surface area contributed by atoms with Crippen molar-refractivity contribution in [2.75, 3.05) is 13.1 Å². The summed E-state index contributed by atoms with van der Waals surface area (Å²) in [5, 5.41) is 3.20. The van der Waals surface area contributed by atoms with E-state index >= 15 is 0 Å². The van der Waals surface area contributed by atoms with Crippen LogP contribution in [0.15, 0.2) is 18.3 Å². The number of amides is 1. The van der Waals surface area contributed by atoms with Crippen LogP contribution >= 0.6 is 0 Å². The van der Waals surface area contributed by atoms with E-state index in [9.17, 15) is 4.79 Å². The van der Waals surface area contributed by atoms with Crippen molar-refractivity contribution < 1.29 is 9.53 Å². The quantitative estimate of drug-likeness (QED) is 0.726. The van der Waals surface area contributed by atoms with E-state index in [1.54, 1.807) is 12.1 Å². The number of hydrogen-bond donors (Lipinski definition) is 2. The number of nitrogens with two attached hydrogens (primary N) is 1. The van der Waals surface area contributed by atoms with E-state index < -0.39 is 5.91 Å². The third kappa shape index (κ3) is 2.44. The molecule has 1 amide bonds. The standard InChI is InChI=1S/C10H13N3O2/c11-10(14)9-5-7(2-4-13-9)15-8-1-3-12-6-8/h2,4-5,8,12H,1,3,6H2,(H2,11,14)/t8-/m1/s1. The van der Waals surface area contributed by atoms with Crippen LogP contribution in [0.2, 0.25) is 0 Å². The van der Waals surface area contributed by atoms with E-state index in [2.05, 4.69) is 10.3 Å². The molecular formula is C10H13N3O2. The van der Waals surface area contributed by atoms with Crippen LogP contribution in [0.1, 0.15) is 16.9 Å². The van der Waals surface area contributed by atoms with Gasteiger partial charge in [0.05, 0.1) is 0 Å². The van der Waals surface area contributed by atoms with Gasteiger partial charge in [0.1, 0.15) is 17.5 Å². The average Bonchev–Trinajstić information content (AvgIpc) is 2.71. The van der Waals surface area contributed by atoms with Gasteiger partial charge in [-0.2, -0.15) is 0 Å². The molecule has 0 aromatic carbocycles. The van der Waals surface area contributed by atoms with E-state index in [1.807, 2.05) is 0 Å². The summed E-state index contributed by atoms with van der Waals surface area (Å²) < 4.78 is 5.66. The molecule has 2 heterocycles. The van der Waals surface area contributed by atoms with Crippen molar-refractivity contribution in [1.29, 1.82) is 0 Å². The van der Waals surface area contributed by atoms with Gasteiger partial charge in [0.25, 0.3) is 5.91 Å². The first-order chi connectivity index (χ1) is 7.25. The lowest BCUT2D eigenvalue weighted by Gasteiger charge is -2.12.